The van der Waals surface area contributed by atoms with Gasteiger partial charge in [0, 0.05) is 22.8 Å². The van der Waals surface area contributed by atoms with E-state index < -0.39 is 0 Å². The molecule has 0 aliphatic heterocycles. The van der Waals surface area contributed by atoms with E-state index in [9.17, 15) is 5.11 Å². The smallest absolute Gasteiger partial charge is 0.115 e. The number of para-hydroxylation sites is 1. The number of benzene rings is 3. The molecule has 0 bridgehead atoms. The van der Waals surface area contributed by atoms with Gasteiger partial charge in [-0.25, -0.2) is 0 Å². The maximum Gasteiger partial charge on any atom is 0.115 e. The van der Waals surface area contributed by atoms with Crippen molar-refractivity contribution in [3.05, 3.63) is 85.1 Å². The lowest BCUT2D eigenvalue weighted by Gasteiger charge is -2.05. The Morgan fingerprint density at radius 2 is 1.36 bits per heavy atom. The quantitative estimate of drug-likeness (QED) is 0.550. The first-order chi connectivity index (χ1) is 10.8. The number of nitrogens with zero attached hydrogens (tertiary/aromatic N) is 1. The lowest BCUT2D eigenvalue weighted by molar-refractivity contribution is 0.475. The van der Waals surface area contributed by atoms with Crippen LogP contribution in [0.25, 0.3) is 27.7 Å². The van der Waals surface area contributed by atoms with Crippen LogP contribution in [0.1, 0.15) is 0 Å². The minimum Gasteiger partial charge on any atom is -0.508 e. The molecule has 0 saturated carbocycles. The van der Waals surface area contributed by atoms with Crippen molar-refractivity contribution in [1.82, 2.24) is 4.57 Å². The van der Waals surface area contributed by atoms with Gasteiger partial charge in [-0.1, -0.05) is 48.5 Å². The van der Waals surface area contributed by atoms with E-state index >= 15 is 0 Å². The molecule has 4 rings (SSSR count). The van der Waals surface area contributed by atoms with Gasteiger partial charge in [-0.15, -0.1) is 0 Å². The Kier molecular flexibility index (Phi) is 2.94. The number of hydrogen-bond donors (Lipinski definition) is 1. The average molecular weight is 285 g/mol. The van der Waals surface area contributed by atoms with Crippen molar-refractivity contribution in [2.75, 3.05) is 0 Å². The van der Waals surface area contributed by atoms with E-state index in [1.165, 1.54) is 16.5 Å². The highest BCUT2D eigenvalue weighted by atomic mass is 16.3. The van der Waals surface area contributed by atoms with E-state index in [4.69, 9.17) is 0 Å². The summed E-state index contributed by atoms with van der Waals surface area (Å²) in [5.74, 6) is 0.281. The fourth-order valence-electron chi connectivity index (χ4n) is 2.85. The van der Waals surface area contributed by atoms with Gasteiger partial charge in [-0.3, -0.25) is 0 Å². The number of aromatic nitrogens is 1. The lowest BCUT2D eigenvalue weighted by Crippen LogP contribution is -1.90. The molecule has 0 fully saturated rings. The molecule has 0 saturated heterocycles. The van der Waals surface area contributed by atoms with Gasteiger partial charge in [0.15, 0.2) is 0 Å². The molecule has 0 atom stereocenters. The molecule has 1 aromatic heterocycles. The Labute approximate surface area is 128 Å². The molecule has 0 radical (unpaired) electrons. The Balaban J connectivity index is 1.99. The first-order valence-electron chi connectivity index (χ1n) is 7.28. The zero-order chi connectivity index (χ0) is 14.9. The fourth-order valence-corrected chi connectivity index (χ4v) is 2.85. The highest BCUT2D eigenvalue weighted by Gasteiger charge is 2.10. The number of fused-ring (bicyclic) bond motifs is 1. The summed E-state index contributed by atoms with van der Waals surface area (Å²) in [5.41, 5.74) is 4.61. The molecule has 22 heavy (non-hydrogen) atoms. The number of aromatic hydroxyl groups is 1. The summed E-state index contributed by atoms with van der Waals surface area (Å²) in [6.45, 7) is 0. The van der Waals surface area contributed by atoms with Crippen molar-refractivity contribution in [2.24, 2.45) is 0 Å². The second kappa shape index (κ2) is 5.08. The van der Waals surface area contributed by atoms with E-state index in [-0.39, 0.29) is 5.75 Å². The highest BCUT2D eigenvalue weighted by molar-refractivity contribution is 5.97. The van der Waals surface area contributed by atoms with Gasteiger partial charge < -0.3 is 9.67 Å². The monoisotopic (exact) mass is 285 g/mol. The summed E-state index contributed by atoms with van der Waals surface area (Å²) in [6, 6.07) is 26.1. The van der Waals surface area contributed by atoms with Crippen LogP contribution in [-0.4, -0.2) is 9.67 Å². The number of phenolic OH excluding ortho intramolecular Hbond substituents is 1. The van der Waals surface area contributed by atoms with E-state index in [0.29, 0.717) is 0 Å². The predicted molar refractivity (Wildman–Crippen MR) is 90.4 cm³/mol. The van der Waals surface area contributed by atoms with Crippen LogP contribution in [0.2, 0.25) is 0 Å². The number of phenols is 1. The second-order valence-electron chi connectivity index (χ2n) is 5.31. The molecule has 4 aromatic rings. The molecule has 0 amide bonds. The van der Waals surface area contributed by atoms with Crippen molar-refractivity contribution >= 4 is 10.9 Å². The van der Waals surface area contributed by atoms with Gasteiger partial charge in [0.1, 0.15) is 5.75 Å². The molecule has 2 heteroatoms. The normalized spacial score (nSPS) is 10.9. The van der Waals surface area contributed by atoms with Crippen LogP contribution in [0, 0.1) is 0 Å². The summed E-state index contributed by atoms with van der Waals surface area (Å²) in [7, 11) is 0. The minimum absolute atomic E-state index is 0.281. The van der Waals surface area contributed by atoms with Crippen LogP contribution in [0.4, 0.5) is 0 Å². The number of hydrogen-bond acceptors (Lipinski definition) is 1. The molecule has 1 heterocycles. The van der Waals surface area contributed by atoms with Gasteiger partial charge in [-0.2, -0.15) is 0 Å². The van der Waals surface area contributed by atoms with E-state index in [2.05, 4.69) is 53.2 Å². The SMILES string of the molecule is Oc1ccc(-n2cc(-c3ccccc3)c3ccccc32)cc1. The molecule has 3 aromatic carbocycles. The van der Waals surface area contributed by atoms with Crippen molar-refractivity contribution in [2.45, 2.75) is 0 Å². The molecular weight excluding hydrogens is 270 g/mol. The van der Waals surface area contributed by atoms with Crippen LogP contribution in [0.5, 0.6) is 5.75 Å². The van der Waals surface area contributed by atoms with Gasteiger partial charge in [-0.05, 0) is 35.9 Å². The van der Waals surface area contributed by atoms with Gasteiger partial charge >= 0.3 is 0 Å². The van der Waals surface area contributed by atoms with Gasteiger partial charge in [0.2, 0.25) is 0 Å². The molecule has 106 valence electrons. The first-order valence-corrected chi connectivity index (χ1v) is 7.28. The third-order valence-corrected chi connectivity index (χ3v) is 3.92. The summed E-state index contributed by atoms with van der Waals surface area (Å²) in [6.07, 6.45) is 2.16. The van der Waals surface area contributed by atoms with Crippen LogP contribution >= 0.6 is 0 Å². The standard InChI is InChI=1S/C20H15NO/c22-17-12-10-16(11-13-17)21-14-19(15-6-2-1-3-7-15)18-8-4-5-9-20(18)21/h1-14,22H. The molecule has 0 aliphatic carbocycles. The maximum atomic E-state index is 9.49. The van der Waals surface area contributed by atoms with Crippen molar-refractivity contribution in [3.63, 3.8) is 0 Å². The molecular formula is C20H15NO. The predicted octanol–water partition coefficient (Wildman–Crippen LogP) is 5.00. The topological polar surface area (TPSA) is 25.2 Å². The van der Waals surface area contributed by atoms with Gasteiger partial charge in [0.05, 0.1) is 5.52 Å². The van der Waals surface area contributed by atoms with Crippen molar-refractivity contribution < 1.29 is 5.11 Å². The first kappa shape index (κ1) is 12.7. The average Bonchev–Trinajstić information content (AvgIpc) is 2.96. The van der Waals surface area contributed by atoms with Crippen LogP contribution < -0.4 is 0 Å². The Hall–Kier alpha value is -3.00. The Morgan fingerprint density at radius 3 is 2.14 bits per heavy atom. The maximum absolute atomic E-state index is 9.49. The second-order valence-corrected chi connectivity index (χ2v) is 5.31. The summed E-state index contributed by atoms with van der Waals surface area (Å²) in [4.78, 5) is 0. The molecule has 0 spiro atoms. The largest absolute Gasteiger partial charge is 0.508 e. The zero-order valence-corrected chi connectivity index (χ0v) is 12.0. The van der Waals surface area contributed by atoms with Crippen LogP contribution in [0.15, 0.2) is 85.1 Å². The Bertz CT molecular complexity index is 921. The summed E-state index contributed by atoms with van der Waals surface area (Å²) in [5, 5.41) is 10.7. The fraction of sp³-hybridized carbons (Fsp3) is 0. The minimum atomic E-state index is 0.281. The highest BCUT2D eigenvalue weighted by Crippen LogP contribution is 2.32. The van der Waals surface area contributed by atoms with Crippen molar-refractivity contribution in [1.29, 1.82) is 0 Å². The third kappa shape index (κ3) is 2.06. The van der Waals surface area contributed by atoms with Crippen LogP contribution in [-0.2, 0) is 0 Å². The molecule has 2 nitrogen and oxygen atoms in total. The van der Waals surface area contributed by atoms with E-state index in [0.717, 1.165) is 11.2 Å². The van der Waals surface area contributed by atoms with E-state index in [1.54, 1.807) is 12.1 Å². The summed E-state index contributed by atoms with van der Waals surface area (Å²) >= 11 is 0. The van der Waals surface area contributed by atoms with Gasteiger partial charge in [0.25, 0.3) is 0 Å². The van der Waals surface area contributed by atoms with Crippen molar-refractivity contribution in [3.8, 4) is 22.6 Å². The Morgan fingerprint density at radius 1 is 0.682 bits per heavy atom. The zero-order valence-electron chi connectivity index (χ0n) is 12.0. The summed E-state index contributed by atoms with van der Waals surface area (Å²) < 4.78 is 2.16. The lowest BCUT2D eigenvalue weighted by atomic mass is 10.1. The molecule has 1 N–H and O–H groups in total. The third-order valence-electron chi connectivity index (χ3n) is 3.92. The molecule has 0 unspecified atom stereocenters. The number of rotatable bonds is 2. The molecule has 0 aliphatic rings. The van der Waals surface area contributed by atoms with E-state index in [1.807, 2.05) is 24.3 Å². The van der Waals surface area contributed by atoms with Crippen LogP contribution in [0.3, 0.4) is 0 Å².